The van der Waals surface area contributed by atoms with Gasteiger partial charge in [0, 0.05) is 19.2 Å². The summed E-state index contributed by atoms with van der Waals surface area (Å²) in [6.07, 6.45) is 2.30. The fourth-order valence-corrected chi connectivity index (χ4v) is 2.29. The highest BCUT2D eigenvalue weighted by molar-refractivity contribution is 5.87. The van der Waals surface area contributed by atoms with Gasteiger partial charge in [0.1, 0.15) is 0 Å². The molecule has 0 bridgehead atoms. The molecular formula is C14H19NO3. The third-order valence-electron chi connectivity index (χ3n) is 3.64. The summed E-state index contributed by atoms with van der Waals surface area (Å²) in [5.41, 5.74) is 1.53. The molecule has 1 N–H and O–H groups in total. The van der Waals surface area contributed by atoms with Gasteiger partial charge in [-0.2, -0.15) is 0 Å². The van der Waals surface area contributed by atoms with Crippen molar-refractivity contribution in [1.82, 2.24) is 4.90 Å². The quantitative estimate of drug-likeness (QED) is 0.837. The molecule has 1 aromatic carbocycles. The van der Waals surface area contributed by atoms with E-state index in [1.54, 1.807) is 25.3 Å². The van der Waals surface area contributed by atoms with Gasteiger partial charge in [-0.3, -0.25) is 4.90 Å². The lowest BCUT2D eigenvalue weighted by Crippen LogP contribution is -2.37. The van der Waals surface area contributed by atoms with E-state index in [-0.39, 0.29) is 5.54 Å². The van der Waals surface area contributed by atoms with Crippen molar-refractivity contribution in [3.8, 4) is 0 Å². The molecule has 1 aromatic rings. The molecule has 2 rings (SSSR count). The van der Waals surface area contributed by atoms with Gasteiger partial charge in [-0.05, 0) is 37.6 Å². The molecule has 0 aliphatic heterocycles. The third-order valence-corrected chi connectivity index (χ3v) is 3.64. The van der Waals surface area contributed by atoms with Crippen molar-refractivity contribution >= 4 is 5.97 Å². The van der Waals surface area contributed by atoms with Gasteiger partial charge in [0.05, 0.1) is 12.2 Å². The zero-order valence-electron chi connectivity index (χ0n) is 10.8. The van der Waals surface area contributed by atoms with Crippen molar-refractivity contribution in [2.75, 3.05) is 20.8 Å². The second-order valence-electron chi connectivity index (χ2n) is 5.02. The molecule has 1 saturated carbocycles. The number of carboxylic acids is 1. The minimum atomic E-state index is -0.877. The Morgan fingerprint density at radius 1 is 1.50 bits per heavy atom. The Kier molecular flexibility index (Phi) is 3.68. The number of rotatable bonds is 6. The summed E-state index contributed by atoms with van der Waals surface area (Å²) < 4.78 is 5.25. The topological polar surface area (TPSA) is 49.8 Å². The van der Waals surface area contributed by atoms with Crippen LogP contribution >= 0.6 is 0 Å². The van der Waals surface area contributed by atoms with Gasteiger partial charge >= 0.3 is 5.97 Å². The van der Waals surface area contributed by atoms with Crippen molar-refractivity contribution in [3.05, 3.63) is 35.4 Å². The first-order valence-electron chi connectivity index (χ1n) is 6.10. The third kappa shape index (κ3) is 2.71. The largest absolute Gasteiger partial charge is 0.478 e. The summed E-state index contributed by atoms with van der Waals surface area (Å²) in [5.74, 6) is -0.877. The van der Waals surface area contributed by atoms with Crippen LogP contribution in [-0.4, -0.2) is 42.3 Å². The molecule has 4 nitrogen and oxygen atoms in total. The Labute approximate surface area is 107 Å². The van der Waals surface area contributed by atoms with E-state index in [1.165, 1.54) is 0 Å². The van der Waals surface area contributed by atoms with Gasteiger partial charge in [-0.25, -0.2) is 4.79 Å². The maximum atomic E-state index is 10.9. The number of hydrogen-bond donors (Lipinski definition) is 1. The van der Waals surface area contributed by atoms with E-state index in [4.69, 9.17) is 9.84 Å². The van der Waals surface area contributed by atoms with Crippen LogP contribution in [-0.2, 0) is 11.3 Å². The van der Waals surface area contributed by atoms with Gasteiger partial charge < -0.3 is 9.84 Å². The SMILES string of the molecule is COCC1(N(C)Cc2cccc(C(=O)O)c2)CC1. The Bertz CT molecular complexity index is 440. The molecule has 1 aliphatic carbocycles. The van der Waals surface area contributed by atoms with Crippen LogP contribution in [0.15, 0.2) is 24.3 Å². The summed E-state index contributed by atoms with van der Waals surface area (Å²) in [6, 6.07) is 7.12. The van der Waals surface area contributed by atoms with E-state index in [9.17, 15) is 4.79 Å². The maximum absolute atomic E-state index is 10.9. The summed E-state index contributed by atoms with van der Waals surface area (Å²) in [7, 11) is 3.79. The first-order chi connectivity index (χ1) is 8.57. The van der Waals surface area contributed by atoms with Gasteiger partial charge in [-0.15, -0.1) is 0 Å². The van der Waals surface area contributed by atoms with E-state index < -0.39 is 5.97 Å². The van der Waals surface area contributed by atoms with E-state index >= 15 is 0 Å². The normalized spacial score (nSPS) is 16.8. The smallest absolute Gasteiger partial charge is 0.335 e. The van der Waals surface area contributed by atoms with Crippen molar-refractivity contribution in [2.24, 2.45) is 0 Å². The lowest BCUT2D eigenvalue weighted by molar-refractivity contribution is 0.0696. The molecule has 0 aromatic heterocycles. The van der Waals surface area contributed by atoms with Gasteiger partial charge in [0.25, 0.3) is 0 Å². The first kappa shape index (κ1) is 13.1. The standard InChI is InChI=1S/C14H19NO3/c1-15(14(6-7-14)10-18-2)9-11-4-3-5-12(8-11)13(16)17/h3-5,8H,6-7,9-10H2,1-2H3,(H,16,17). The molecule has 4 heteroatoms. The van der Waals surface area contributed by atoms with Crippen molar-refractivity contribution in [2.45, 2.75) is 24.9 Å². The number of hydrogen-bond acceptors (Lipinski definition) is 3. The average molecular weight is 249 g/mol. The molecule has 0 heterocycles. The number of ether oxygens (including phenoxy) is 1. The lowest BCUT2D eigenvalue weighted by atomic mass is 10.1. The minimum absolute atomic E-state index is 0.161. The molecule has 1 aliphatic rings. The molecule has 0 radical (unpaired) electrons. The molecule has 0 amide bonds. The number of nitrogens with zero attached hydrogens (tertiary/aromatic N) is 1. The second kappa shape index (κ2) is 5.08. The number of methoxy groups -OCH3 is 1. The Morgan fingerprint density at radius 3 is 2.78 bits per heavy atom. The fourth-order valence-electron chi connectivity index (χ4n) is 2.29. The van der Waals surface area contributed by atoms with Crippen LogP contribution in [0.5, 0.6) is 0 Å². The zero-order valence-corrected chi connectivity index (χ0v) is 10.8. The van der Waals surface area contributed by atoms with Gasteiger partial charge in [-0.1, -0.05) is 12.1 Å². The fraction of sp³-hybridized carbons (Fsp3) is 0.500. The van der Waals surface area contributed by atoms with Crippen molar-refractivity contribution in [3.63, 3.8) is 0 Å². The lowest BCUT2D eigenvalue weighted by Gasteiger charge is -2.27. The predicted octanol–water partition coefficient (Wildman–Crippen LogP) is 2.00. The second-order valence-corrected chi connectivity index (χ2v) is 5.02. The maximum Gasteiger partial charge on any atom is 0.335 e. The number of aromatic carboxylic acids is 1. The Morgan fingerprint density at radius 2 is 2.22 bits per heavy atom. The predicted molar refractivity (Wildman–Crippen MR) is 68.7 cm³/mol. The van der Waals surface area contributed by atoms with Crippen LogP contribution in [0, 0.1) is 0 Å². The molecule has 1 fully saturated rings. The number of carbonyl (C=O) groups is 1. The van der Waals surface area contributed by atoms with Crippen molar-refractivity contribution in [1.29, 1.82) is 0 Å². The van der Waals surface area contributed by atoms with Gasteiger partial charge in [0.2, 0.25) is 0 Å². The van der Waals surface area contributed by atoms with Crippen LogP contribution in [0.3, 0.4) is 0 Å². The van der Waals surface area contributed by atoms with Crippen molar-refractivity contribution < 1.29 is 14.6 Å². The first-order valence-corrected chi connectivity index (χ1v) is 6.10. The number of benzene rings is 1. The molecule has 0 atom stereocenters. The molecule has 98 valence electrons. The molecule has 0 unspecified atom stereocenters. The monoisotopic (exact) mass is 249 g/mol. The highest BCUT2D eigenvalue weighted by atomic mass is 16.5. The van der Waals surface area contributed by atoms with E-state index in [0.29, 0.717) is 5.56 Å². The van der Waals surface area contributed by atoms with Crippen LogP contribution in [0.1, 0.15) is 28.8 Å². The van der Waals surface area contributed by atoms with Crippen LogP contribution < -0.4 is 0 Å². The zero-order chi connectivity index (χ0) is 13.2. The summed E-state index contributed by atoms with van der Waals surface area (Å²) in [6.45, 7) is 1.49. The average Bonchev–Trinajstić information content (AvgIpc) is 3.11. The van der Waals surface area contributed by atoms with Crippen LogP contribution in [0.25, 0.3) is 0 Å². The Hall–Kier alpha value is -1.39. The number of carboxylic acid groups (broad SMARTS) is 1. The molecular weight excluding hydrogens is 230 g/mol. The van der Waals surface area contributed by atoms with Crippen LogP contribution in [0.4, 0.5) is 0 Å². The summed E-state index contributed by atoms with van der Waals surface area (Å²) in [5, 5.41) is 8.97. The number of likely N-dealkylation sites (N-methyl/N-ethyl adjacent to an activating group) is 1. The van der Waals surface area contributed by atoms with E-state index in [0.717, 1.165) is 31.6 Å². The highest BCUT2D eigenvalue weighted by Crippen LogP contribution is 2.41. The van der Waals surface area contributed by atoms with E-state index in [1.807, 2.05) is 6.07 Å². The van der Waals surface area contributed by atoms with Crippen LogP contribution in [0.2, 0.25) is 0 Å². The highest BCUT2D eigenvalue weighted by Gasteiger charge is 2.46. The van der Waals surface area contributed by atoms with E-state index in [2.05, 4.69) is 11.9 Å². The Balaban J connectivity index is 2.05. The molecule has 0 saturated heterocycles. The minimum Gasteiger partial charge on any atom is -0.478 e. The molecule has 18 heavy (non-hydrogen) atoms. The summed E-state index contributed by atoms with van der Waals surface area (Å²) in [4.78, 5) is 13.2. The molecule has 0 spiro atoms. The summed E-state index contributed by atoms with van der Waals surface area (Å²) >= 11 is 0. The van der Waals surface area contributed by atoms with Gasteiger partial charge in [0.15, 0.2) is 0 Å².